The molecule has 25 heavy (non-hydrogen) atoms. The van der Waals surface area contributed by atoms with Crippen molar-refractivity contribution in [3.05, 3.63) is 59.2 Å². The Labute approximate surface area is 150 Å². The number of rotatable bonds is 4. The summed E-state index contributed by atoms with van der Waals surface area (Å²) in [6.45, 7) is 7.47. The van der Waals surface area contributed by atoms with Crippen molar-refractivity contribution in [3.63, 3.8) is 0 Å². The number of ether oxygens (including phenoxy) is 1. The molecule has 0 saturated carbocycles. The van der Waals surface area contributed by atoms with E-state index in [1.54, 1.807) is 7.11 Å². The molecule has 2 aromatic rings. The van der Waals surface area contributed by atoms with Crippen LogP contribution in [0.15, 0.2) is 42.5 Å². The second-order valence-electron chi connectivity index (χ2n) is 6.66. The van der Waals surface area contributed by atoms with E-state index in [9.17, 15) is 4.79 Å². The van der Waals surface area contributed by atoms with Gasteiger partial charge in [0.2, 0.25) is 5.91 Å². The summed E-state index contributed by atoms with van der Waals surface area (Å²) in [4.78, 5) is 16.9. The van der Waals surface area contributed by atoms with E-state index >= 15 is 0 Å². The van der Waals surface area contributed by atoms with Gasteiger partial charge in [-0.05, 0) is 54.8 Å². The minimum absolute atomic E-state index is 0.220. The highest BCUT2D eigenvalue weighted by Gasteiger charge is 2.21. The van der Waals surface area contributed by atoms with Crippen LogP contribution in [0.5, 0.6) is 5.75 Å². The first-order chi connectivity index (χ1) is 12.1. The molecular formula is C21H26N2O2. The second-order valence-corrected chi connectivity index (χ2v) is 6.66. The Morgan fingerprint density at radius 3 is 2.24 bits per heavy atom. The molecule has 1 heterocycles. The van der Waals surface area contributed by atoms with E-state index in [0.29, 0.717) is 6.42 Å². The lowest BCUT2D eigenvalue weighted by molar-refractivity contribution is -0.130. The maximum Gasteiger partial charge on any atom is 0.227 e. The van der Waals surface area contributed by atoms with Gasteiger partial charge in [-0.25, -0.2) is 0 Å². The number of amides is 1. The van der Waals surface area contributed by atoms with Gasteiger partial charge in [0.25, 0.3) is 0 Å². The molecule has 0 aliphatic carbocycles. The molecule has 0 bridgehead atoms. The zero-order valence-corrected chi connectivity index (χ0v) is 15.3. The fourth-order valence-corrected chi connectivity index (χ4v) is 3.21. The van der Waals surface area contributed by atoms with Crippen LogP contribution in [0.2, 0.25) is 0 Å². The molecule has 1 aliphatic heterocycles. The lowest BCUT2D eigenvalue weighted by atomic mass is 10.0. The van der Waals surface area contributed by atoms with E-state index in [4.69, 9.17) is 4.74 Å². The molecule has 2 aromatic carbocycles. The second kappa shape index (κ2) is 7.60. The van der Waals surface area contributed by atoms with E-state index < -0.39 is 0 Å². The Hall–Kier alpha value is -2.49. The average molecular weight is 338 g/mol. The molecule has 4 heteroatoms. The fourth-order valence-electron chi connectivity index (χ4n) is 3.21. The predicted molar refractivity (Wildman–Crippen MR) is 101 cm³/mol. The number of hydrogen-bond acceptors (Lipinski definition) is 3. The summed E-state index contributed by atoms with van der Waals surface area (Å²) in [6.07, 6.45) is 0.490. The number of hydrogen-bond donors (Lipinski definition) is 0. The molecule has 1 amide bonds. The Morgan fingerprint density at radius 1 is 0.960 bits per heavy atom. The number of nitrogens with zero attached hydrogens (tertiary/aromatic N) is 2. The SMILES string of the molecule is COc1ccc(N2CCN(C(=O)Cc3ccc(C)c(C)c3)CC2)cc1. The predicted octanol–water partition coefficient (Wildman–Crippen LogP) is 3.20. The third kappa shape index (κ3) is 4.13. The maximum atomic E-state index is 12.6. The van der Waals surface area contributed by atoms with Gasteiger partial charge in [-0.2, -0.15) is 0 Å². The van der Waals surface area contributed by atoms with Crippen LogP contribution < -0.4 is 9.64 Å². The summed E-state index contributed by atoms with van der Waals surface area (Å²) in [5.41, 5.74) is 4.80. The Bertz CT molecular complexity index is 732. The van der Waals surface area contributed by atoms with Crippen molar-refractivity contribution in [2.75, 3.05) is 38.2 Å². The third-order valence-electron chi connectivity index (χ3n) is 5.00. The van der Waals surface area contributed by atoms with Gasteiger partial charge < -0.3 is 14.5 Å². The van der Waals surface area contributed by atoms with Crippen LogP contribution in [0.25, 0.3) is 0 Å². The van der Waals surface area contributed by atoms with Crippen molar-refractivity contribution >= 4 is 11.6 Å². The molecule has 0 atom stereocenters. The molecule has 0 unspecified atom stereocenters. The van der Waals surface area contributed by atoms with Gasteiger partial charge in [-0.15, -0.1) is 0 Å². The first-order valence-electron chi connectivity index (χ1n) is 8.80. The van der Waals surface area contributed by atoms with Crippen LogP contribution in [0.4, 0.5) is 5.69 Å². The third-order valence-corrected chi connectivity index (χ3v) is 5.00. The molecule has 0 spiro atoms. The number of anilines is 1. The monoisotopic (exact) mass is 338 g/mol. The van der Waals surface area contributed by atoms with Crippen molar-refractivity contribution in [1.82, 2.24) is 4.90 Å². The number of carbonyl (C=O) groups excluding carboxylic acids is 1. The number of methoxy groups -OCH3 is 1. The van der Waals surface area contributed by atoms with Crippen LogP contribution in [0.3, 0.4) is 0 Å². The zero-order valence-electron chi connectivity index (χ0n) is 15.3. The highest BCUT2D eigenvalue weighted by atomic mass is 16.5. The smallest absolute Gasteiger partial charge is 0.227 e. The maximum absolute atomic E-state index is 12.6. The molecule has 0 N–H and O–H groups in total. The van der Waals surface area contributed by atoms with Crippen molar-refractivity contribution in [1.29, 1.82) is 0 Å². The zero-order chi connectivity index (χ0) is 17.8. The van der Waals surface area contributed by atoms with E-state index in [1.165, 1.54) is 16.8 Å². The van der Waals surface area contributed by atoms with Gasteiger partial charge >= 0.3 is 0 Å². The number of aryl methyl sites for hydroxylation is 2. The Kier molecular flexibility index (Phi) is 5.27. The molecule has 1 fully saturated rings. The minimum Gasteiger partial charge on any atom is -0.497 e. The standard InChI is InChI=1S/C21H26N2O2/c1-16-4-5-18(14-17(16)2)15-21(24)23-12-10-22(11-13-23)19-6-8-20(25-3)9-7-19/h4-9,14H,10-13,15H2,1-3H3. The van der Waals surface area contributed by atoms with Crippen molar-refractivity contribution in [2.24, 2.45) is 0 Å². The highest BCUT2D eigenvalue weighted by Crippen LogP contribution is 2.21. The summed E-state index contributed by atoms with van der Waals surface area (Å²) in [7, 11) is 1.68. The molecule has 0 radical (unpaired) electrons. The van der Waals surface area contributed by atoms with Gasteiger partial charge in [0.15, 0.2) is 0 Å². The summed E-state index contributed by atoms with van der Waals surface area (Å²) in [5.74, 6) is 1.09. The van der Waals surface area contributed by atoms with Crippen LogP contribution in [0, 0.1) is 13.8 Å². The average Bonchev–Trinajstić information content (AvgIpc) is 2.65. The molecule has 4 nitrogen and oxygen atoms in total. The topological polar surface area (TPSA) is 32.8 Å². The lowest BCUT2D eigenvalue weighted by Gasteiger charge is -2.36. The summed E-state index contributed by atoms with van der Waals surface area (Å²) < 4.78 is 5.21. The molecule has 3 rings (SSSR count). The van der Waals surface area contributed by atoms with Gasteiger partial charge in [0, 0.05) is 31.9 Å². The first-order valence-corrected chi connectivity index (χ1v) is 8.80. The van der Waals surface area contributed by atoms with Crippen LogP contribution in [-0.2, 0) is 11.2 Å². The highest BCUT2D eigenvalue weighted by molar-refractivity contribution is 5.79. The molecule has 1 aliphatic rings. The van der Waals surface area contributed by atoms with E-state index in [2.05, 4.69) is 49.1 Å². The van der Waals surface area contributed by atoms with Crippen LogP contribution in [-0.4, -0.2) is 44.1 Å². The first kappa shape index (κ1) is 17.3. The molecule has 1 saturated heterocycles. The lowest BCUT2D eigenvalue weighted by Crippen LogP contribution is -2.49. The summed E-state index contributed by atoms with van der Waals surface area (Å²) >= 11 is 0. The van der Waals surface area contributed by atoms with Gasteiger partial charge in [0.05, 0.1) is 13.5 Å². The number of benzene rings is 2. The quantitative estimate of drug-likeness (QED) is 0.858. The molecule has 132 valence electrons. The van der Waals surface area contributed by atoms with Crippen molar-refractivity contribution < 1.29 is 9.53 Å². The van der Waals surface area contributed by atoms with Crippen LogP contribution >= 0.6 is 0 Å². The Balaban J connectivity index is 1.55. The van der Waals surface area contributed by atoms with Gasteiger partial charge in [-0.3, -0.25) is 4.79 Å². The normalized spacial score (nSPS) is 14.5. The van der Waals surface area contributed by atoms with Crippen molar-refractivity contribution in [3.8, 4) is 5.75 Å². The molecular weight excluding hydrogens is 312 g/mol. The van der Waals surface area contributed by atoms with E-state index in [1.807, 2.05) is 17.0 Å². The summed E-state index contributed by atoms with van der Waals surface area (Å²) in [6, 6.07) is 14.4. The molecule has 0 aromatic heterocycles. The number of piperazine rings is 1. The fraction of sp³-hybridized carbons (Fsp3) is 0.381. The van der Waals surface area contributed by atoms with Crippen LogP contribution in [0.1, 0.15) is 16.7 Å². The Morgan fingerprint density at radius 2 is 1.64 bits per heavy atom. The van der Waals surface area contributed by atoms with Gasteiger partial charge in [0.1, 0.15) is 5.75 Å². The van der Waals surface area contributed by atoms with E-state index in [0.717, 1.165) is 37.5 Å². The van der Waals surface area contributed by atoms with Gasteiger partial charge in [-0.1, -0.05) is 18.2 Å². The minimum atomic E-state index is 0.220. The number of carbonyl (C=O) groups is 1. The summed E-state index contributed by atoms with van der Waals surface area (Å²) in [5, 5.41) is 0. The van der Waals surface area contributed by atoms with Crippen molar-refractivity contribution in [2.45, 2.75) is 20.3 Å². The largest absolute Gasteiger partial charge is 0.497 e. The van der Waals surface area contributed by atoms with E-state index in [-0.39, 0.29) is 5.91 Å².